The summed E-state index contributed by atoms with van der Waals surface area (Å²) in [6, 6.07) is 15.8. The monoisotopic (exact) mass is 394 g/mol. The third-order valence-corrected chi connectivity index (χ3v) is 3.27. The Morgan fingerprint density at radius 1 is 0.737 bits per heavy atom. The van der Waals surface area contributed by atoms with Gasteiger partial charge in [0.25, 0.3) is 0 Å². The molecule has 0 aliphatic rings. The minimum atomic E-state index is 0. The van der Waals surface area contributed by atoms with Crippen molar-refractivity contribution in [3.05, 3.63) is 48.5 Å². The van der Waals surface area contributed by atoms with E-state index < -0.39 is 0 Å². The molecule has 2 aromatic rings. The summed E-state index contributed by atoms with van der Waals surface area (Å²) >= 11 is 4.94. The SMILES string of the molecule is COc1cccc([SeH])c1.COc1cccc([SeH])c1.O. The normalized spacial score (nSPS) is 8.63. The molecule has 0 radical (unpaired) electrons. The first-order valence-corrected chi connectivity index (χ1v) is 7.19. The van der Waals surface area contributed by atoms with E-state index in [-0.39, 0.29) is 5.48 Å². The smallest absolute Gasteiger partial charge is 0.412 e. The molecule has 0 heterocycles. The summed E-state index contributed by atoms with van der Waals surface area (Å²) in [7, 11) is 3.34. The fraction of sp³-hybridized carbons (Fsp3) is 0.143. The number of benzene rings is 2. The number of hydrogen-bond donors (Lipinski definition) is 0. The second-order valence-corrected chi connectivity index (χ2v) is 5.57. The molecule has 3 nitrogen and oxygen atoms in total. The Balaban J connectivity index is 0.000000324. The molecule has 0 spiro atoms. The molecule has 19 heavy (non-hydrogen) atoms. The van der Waals surface area contributed by atoms with Gasteiger partial charge in [0.2, 0.25) is 0 Å². The zero-order chi connectivity index (χ0) is 13.4. The summed E-state index contributed by atoms with van der Waals surface area (Å²) in [4.78, 5) is 0. The molecule has 5 heteroatoms. The summed E-state index contributed by atoms with van der Waals surface area (Å²) in [6.07, 6.45) is 0. The van der Waals surface area contributed by atoms with E-state index >= 15 is 0 Å². The van der Waals surface area contributed by atoms with E-state index in [2.05, 4.69) is 32.0 Å². The van der Waals surface area contributed by atoms with Crippen LogP contribution in [0.4, 0.5) is 0 Å². The third-order valence-electron chi connectivity index (χ3n) is 2.11. The topological polar surface area (TPSA) is 50.0 Å². The molecular weight excluding hydrogens is 374 g/mol. The Morgan fingerprint density at radius 2 is 1.11 bits per heavy atom. The summed E-state index contributed by atoms with van der Waals surface area (Å²) < 4.78 is 12.3. The average Bonchev–Trinajstić information content (AvgIpc) is 2.39. The molecule has 0 aliphatic heterocycles. The Bertz CT molecular complexity index is 444. The maximum absolute atomic E-state index is 4.99. The van der Waals surface area contributed by atoms with Crippen LogP contribution in [-0.2, 0) is 0 Å². The van der Waals surface area contributed by atoms with Gasteiger partial charge in [0.15, 0.2) is 0 Å². The zero-order valence-corrected chi connectivity index (χ0v) is 14.6. The van der Waals surface area contributed by atoms with Crippen molar-refractivity contribution in [3.8, 4) is 11.5 Å². The quantitative estimate of drug-likeness (QED) is 0.655. The minimum absolute atomic E-state index is 0. The van der Waals surface area contributed by atoms with Crippen LogP contribution in [0, 0.1) is 0 Å². The standard InChI is InChI=1S/2C7H8OSe.H2O/c2*1-8-6-3-2-4-7(9)5-6;/h2*2-5,9H,1H3;1H2. The van der Waals surface area contributed by atoms with Gasteiger partial charge in [0.1, 0.15) is 0 Å². The number of ether oxygens (including phenoxy) is 2. The molecule has 0 saturated carbocycles. The Hall–Kier alpha value is -0.961. The fourth-order valence-corrected chi connectivity index (χ4v) is 2.12. The maximum atomic E-state index is 4.99. The van der Waals surface area contributed by atoms with Crippen LogP contribution < -0.4 is 18.4 Å². The van der Waals surface area contributed by atoms with Crippen molar-refractivity contribution in [2.24, 2.45) is 0 Å². The van der Waals surface area contributed by atoms with Crippen molar-refractivity contribution in [1.82, 2.24) is 0 Å². The van der Waals surface area contributed by atoms with Gasteiger partial charge in [0, 0.05) is 0 Å². The molecule has 0 aromatic heterocycles. The Labute approximate surface area is 130 Å². The van der Waals surface area contributed by atoms with Crippen molar-refractivity contribution >= 4 is 40.9 Å². The fourth-order valence-electron chi connectivity index (χ4n) is 1.22. The van der Waals surface area contributed by atoms with Gasteiger partial charge in [-0.3, -0.25) is 0 Å². The molecule has 0 aliphatic carbocycles. The first-order valence-electron chi connectivity index (χ1n) is 5.31. The van der Waals surface area contributed by atoms with Crippen LogP contribution in [0.3, 0.4) is 0 Å². The van der Waals surface area contributed by atoms with E-state index in [0.717, 1.165) is 11.5 Å². The molecule has 2 aromatic carbocycles. The number of rotatable bonds is 2. The van der Waals surface area contributed by atoms with Gasteiger partial charge in [-0.15, -0.1) is 0 Å². The summed E-state index contributed by atoms with van der Waals surface area (Å²) in [5.41, 5.74) is 0. The van der Waals surface area contributed by atoms with Gasteiger partial charge >= 0.3 is 125 Å². The largest absolute Gasteiger partial charge is 0.412 e. The van der Waals surface area contributed by atoms with Crippen molar-refractivity contribution in [3.63, 3.8) is 0 Å². The molecular formula is C14H18O3Se2. The molecule has 0 atom stereocenters. The predicted molar refractivity (Wildman–Crippen MR) is 83.2 cm³/mol. The Kier molecular flexibility index (Phi) is 9.40. The van der Waals surface area contributed by atoms with E-state index in [9.17, 15) is 0 Å². The van der Waals surface area contributed by atoms with Gasteiger partial charge in [-0.05, 0) is 0 Å². The van der Waals surface area contributed by atoms with Crippen molar-refractivity contribution in [1.29, 1.82) is 0 Å². The van der Waals surface area contributed by atoms with Crippen molar-refractivity contribution in [2.45, 2.75) is 0 Å². The van der Waals surface area contributed by atoms with Gasteiger partial charge in [0.05, 0.1) is 0 Å². The van der Waals surface area contributed by atoms with Gasteiger partial charge < -0.3 is 5.48 Å². The molecule has 0 fully saturated rings. The predicted octanol–water partition coefficient (Wildman–Crippen LogP) is -0.382. The molecule has 104 valence electrons. The second-order valence-electron chi connectivity index (χ2n) is 3.40. The molecule has 0 unspecified atom stereocenters. The summed E-state index contributed by atoms with van der Waals surface area (Å²) in [5.74, 6) is 1.82. The molecule has 0 bridgehead atoms. The summed E-state index contributed by atoms with van der Waals surface area (Å²) in [5, 5.41) is 0. The van der Waals surface area contributed by atoms with Gasteiger partial charge in [-0.25, -0.2) is 0 Å². The number of methoxy groups -OCH3 is 2. The molecule has 2 N–H and O–H groups in total. The van der Waals surface area contributed by atoms with E-state index in [1.165, 1.54) is 8.92 Å². The molecule has 0 saturated heterocycles. The van der Waals surface area contributed by atoms with Crippen LogP contribution in [0.1, 0.15) is 0 Å². The van der Waals surface area contributed by atoms with Gasteiger partial charge in [-0.2, -0.15) is 0 Å². The van der Waals surface area contributed by atoms with Crippen LogP contribution in [0.2, 0.25) is 0 Å². The Morgan fingerprint density at radius 3 is 1.32 bits per heavy atom. The average molecular weight is 392 g/mol. The van der Waals surface area contributed by atoms with Crippen molar-refractivity contribution in [2.75, 3.05) is 14.2 Å². The summed E-state index contributed by atoms with van der Waals surface area (Å²) in [6.45, 7) is 0. The third kappa shape index (κ3) is 7.26. The van der Waals surface area contributed by atoms with Gasteiger partial charge in [-0.1, -0.05) is 0 Å². The van der Waals surface area contributed by atoms with Crippen molar-refractivity contribution < 1.29 is 14.9 Å². The van der Waals surface area contributed by atoms with Crippen LogP contribution >= 0.6 is 0 Å². The first-order chi connectivity index (χ1) is 8.65. The first kappa shape index (κ1) is 18.0. The number of hydrogen-bond acceptors (Lipinski definition) is 2. The van der Waals surface area contributed by atoms with E-state index in [0.29, 0.717) is 0 Å². The van der Waals surface area contributed by atoms with E-state index in [4.69, 9.17) is 9.47 Å². The van der Waals surface area contributed by atoms with Crippen LogP contribution in [0.5, 0.6) is 11.5 Å². The maximum Gasteiger partial charge on any atom is -0.412 e. The van der Waals surface area contributed by atoms with Crippen LogP contribution in [0.15, 0.2) is 48.5 Å². The van der Waals surface area contributed by atoms with E-state index in [1.807, 2.05) is 48.5 Å². The zero-order valence-electron chi connectivity index (χ0n) is 10.8. The minimum Gasteiger partial charge on any atom is -0.412 e. The van der Waals surface area contributed by atoms with E-state index in [1.54, 1.807) is 14.2 Å². The molecule has 0 amide bonds. The molecule has 2 rings (SSSR count). The second kappa shape index (κ2) is 9.90. The van der Waals surface area contributed by atoms with Crippen LogP contribution in [0.25, 0.3) is 0 Å². The van der Waals surface area contributed by atoms with Crippen LogP contribution in [-0.4, -0.2) is 51.7 Å².